The van der Waals surface area contributed by atoms with E-state index >= 15 is 0 Å². The van der Waals surface area contributed by atoms with E-state index in [-0.39, 0.29) is 11.3 Å². The van der Waals surface area contributed by atoms with E-state index in [1.165, 1.54) is 29.5 Å². The van der Waals surface area contributed by atoms with Crippen molar-refractivity contribution >= 4 is 23.0 Å². The zero-order chi connectivity index (χ0) is 21.4. The highest BCUT2D eigenvalue weighted by atomic mass is 19.1. The predicted octanol–water partition coefficient (Wildman–Crippen LogP) is 3.98. The molecule has 3 heterocycles. The number of carbonyl (C=O) groups is 1. The van der Waals surface area contributed by atoms with E-state index in [2.05, 4.69) is 15.2 Å². The molecule has 0 saturated heterocycles. The van der Waals surface area contributed by atoms with Crippen LogP contribution in [0.1, 0.15) is 37.3 Å². The van der Waals surface area contributed by atoms with E-state index in [4.69, 9.17) is 0 Å². The average molecular weight is 425 g/mol. The third-order valence-corrected chi connectivity index (χ3v) is 6.91. The SMILES string of the molecule is O=C(N1N=CCC1c1cc(F)cc(F)c1)C12CC(Cn3ncc4c(F)cncc43)(C1)C2. The molecule has 4 aliphatic rings. The summed E-state index contributed by atoms with van der Waals surface area (Å²) >= 11 is 0. The molecule has 31 heavy (non-hydrogen) atoms. The lowest BCUT2D eigenvalue weighted by Crippen LogP contribution is -2.68. The summed E-state index contributed by atoms with van der Waals surface area (Å²) in [5.41, 5.74) is 0.507. The van der Waals surface area contributed by atoms with Gasteiger partial charge in [-0.05, 0) is 42.4 Å². The lowest BCUT2D eigenvalue weighted by atomic mass is 9.34. The van der Waals surface area contributed by atoms with Crippen LogP contribution in [0.4, 0.5) is 13.2 Å². The van der Waals surface area contributed by atoms with Crippen molar-refractivity contribution in [1.29, 1.82) is 0 Å². The summed E-state index contributed by atoms with van der Waals surface area (Å²) in [6.45, 7) is 0.596. The summed E-state index contributed by atoms with van der Waals surface area (Å²) in [7, 11) is 0. The Bertz CT molecular complexity index is 1230. The minimum atomic E-state index is -0.670. The monoisotopic (exact) mass is 425 g/mol. The molecule has 2 aromatic heterocycles. The fourth-order valence-corrected chi connectivity index (χ4v) is 5.69. The minimum absolute atomic E-state index is 0.0508. The number of hydrogen-bond acceptors (Lipinski definition) is 4. The Kier molecular flexibility index (Phi) is 3.68. The van der Waals surface area contributed by atoms with Gasteiger partial charge in [-0.2, -0.15) is 10.2 Å². The number of carbonyl (C=O) groups excluding carboxylic acids is 1. The van der Waals surface area contributed by atoms with Crippen LogP contribution in [0.15, 0.2) is 41.9 Å². The number of benzene rings is 1. The molecule has 3 fully saturated rings. The van der Waals surface area contributed by atoms with Gasteiger partial charge in [-0.1, -0.05) is 0 Å². The average Bonchev–Trinajstić information content (AvgIpc) is 3.30. The molecule has 0 spiro atoms. The van der Waals surface area contributed by atoms with Gasteiger partial charge in [0, 0.05) is 25.2 Å². The second-order valence-corrected chi connectivity index (χ2v) is 9.07. The van der Waals surface area contributed by atoms with Gasteiger partial charge in [-0.15, -0.1) is 0 Å². The molecule has 2 bridgehead atoms. The van der Waals surface area contributed by atoms with Gasteiger partial charge in [-0.25, -0.2) is 18.2 Å². The molecule has 1 atom stereocenters. The van der Waals surface area contributed by atoms with Crippen molar-refractivity contribution in [1.82, 2.24) is 19.8 Å². The maximum Gasteiger partial charge on any atom is 0.249 e. The smallest absolute Gasteiger partial charge is 0.249 e. The van der Waals surface area contributed by atoms with Crippen molar-refractivity contribution in [3.63, 3.8) is 0 Å². The zero-order valence-corrected chi connectivity index (χ0v) is 16.4. The van der Waals surface area contributed by atoms with Crippen LogP contribution in [0.2, 0.25) is 0 Å². The number of aromatic nitrogens is 3. The molecule has 0 N–H and O–H groups in total. The molecule has 1 aromatic carbocycles. The highest BCUT2D eigenvalue weighted by Crippen LogP contribution is 2.74. The first kappa shape index (κ1) is 18.5. The summed E-state index contributed by atoms with van der Waals surface area (Å²) in [5, 5.41) is 10.4. The number of hydrazone groups is 1. The number of halogens is 3. The van der Waals surface area contributed by atoms with Crippen LogP contribution in [-0.4, -0.2) is 31.9 Å². The van der Waals surface area contributed by atoms with Crippen LogP contribution < -0.4 is 0 Å². The van der Waals surface area contributed by atoms with Crippen LogP contribution >= 0.6 is 0 Å². The van der Waals surface area contributed by atoms with Gasteiger partial charge in [0.2, 0.25) is 5.91 Å². The van der Waals surface area contributed by atoms with Crippen molar-refractivity contribution in [3.8, 4) is 0 Å². The molecule has 0 radical (unpaired) electrons. The van der Waals surface area contributed by atoms with E-state index in [0.717, 1.165) is 6.07 Å². The maximum atomic E-state index is 13.9. The first-order chi connectivity index (χ1) is 14.9. The molecule has 3 aliphatic carbocycles. The fraction of sp³-hybridized carbons (Fsp3) is 0.364. The van der Waals surface area contributed by atoms with Crippen LogP contribution in [0, 0.1) is 28.3 Å². The van der Waals surface area contributed by atoms with E-state index in [0.29, 0.717) is 48.7 Å². The van der Waals surface area contributed by atoms with Gasteiger partial charge in [-0.3, -0.25) is 14.5 Å². The number of rotatable bonds is 4. The summed E-state index contributed by atoms with van der Waals surface area (Å²) in [6, 6.07) is 2.83. The summed E-state index contributed by atoms with van der Waals surface area (Å²) in [4.78, 5) is 17.2. The highest BCUT2D eigenvalue weighted by Gasteiger charge is 2.72. The first-order valence-electron chi connectivity index (χ1n) is 10.2. The van der Waals surface area contributed by atoms with Gasteiger partial charge in [0.25, 0.3) is 0 Å². The van der Waals surface area contributed by atoms with Gasteiger partial charge >= 0.3 is 0 Å². The lowest BCUT2D eigenvalue weighted by molar-refractivity contribution is -0.223. The number of fused-ring (bicyclic) bond motifs is 1. The van der Waals surface area contributed by atoms with Crippen molar-refractivity contribution in [2.75, 3.05) is 0 Å². The Balaban J connectivity index is 1.18. The Labute approximate surface area is 175 Å². The lowest BCUT2D eigenvalue weighted by Gasteiger charge is -2.69. The topological polar surface area (TPSA) is 63.4 Å². The Morgan fingerprint density at radius 3 is 2.55 bits per heavy atom. The molecule has 7 rings (SSSR count). The van der Waals surface area contributed by atoms with E-state index in [1.807, 2.05) is 0 Å². The van der Waals surface area contributed by atoms with Crippen LogP contribution in [-0.2, 0) is 11.3 Å². The number of hydrogen-bond donors (Lipinski definition) is 0. The summed E-state index contributed by atoms with van der Waals surface area (Å²) < 4.78 is 43.0. The summed E-state index contributed by atoms with van der Waals surface area (Å²) in [5.74, 6) is -1.84. The molecule has 9 heteroatoms. The van der Waals surface area contributed by atoms with Gasteiger partial charge in [0.1, 0.15) is 11.6 Å². The molecule has 158 valence electrons. The van der Waals surface area contributed by atoms with Crippen molar-refractivity contribution in [3.05, 3.63) is 59.8 Å². The molecule has 6 nitrogen and oxygen atoms in total. The Morgan fingerprint density at radius 1 is 1.06 bits per heavy atom. The van der Waals surface area contributed by atoms with E-state index in [1.54, 1.807) is 17.1 Å². The maximum absolute atomic E-state index is 13.9. The zero-order valence-electron chi connectivity index (χ0n) is 16.4. The standard InChI is InChI=1S/C22H18F3N5O/c23-14-3-13(4-15(24)5-14)18-1-2-27-30(18)20(31)22-9-21(10-22,11-22)12-29-19-8-26-7-17(25)16(19)6-28-29/h2-8,18H,1,9-12H2. The van der Waals surface area contributed by atoms with Crippen LogP contribution in [0.5, 0.6) is 0 Å². The van der Waals surface area contributed by atoms with Crippen LogP contribution in [0.25, 0.3) is 10.9 Å². The largest absolute Gasteiger partial charge is 0.272 e. The van der Waals surface area contributed by atoms with Gasteiger partial charge in [0.15, 0.2) is 5.82 Å². The second kappa shape index (κ2) is 6.15. The molecular weight excluding hydrogens is 407 g/mol. The first-order valence-corrected chi connectivity index (χ1v) is 10.2. The van der Waals surface area contributed by atoms with Crippen molar-refractivity contribution in [2.45, 2.75) is 38.3 Å². The van der Waals surface area contributed by atoms with E-state index < -0.39 is 28.9 Å². The van der Waals surface area contributed by atoms with E-state index in [9.17, 15) is 18.0 Å². The highest BCUT2D eigenvalue weighted by molar-refractivity contribution is 5.88. The van der Waals surface area contributed by atoms with Crippen LogP contribution in [0.3, 0.4) is 0 Å². The third kappa shape index (κ3) is 2.65. The molecule has 1 unspecified atom stereocenters. The van der Waals surface area contributed by atoms with Gasteiger partial charge in [0.05, 0.1) is 41.0 Å². The third-order valence-electron chi connectivity index (χ3n) is 6.91. The Morgan fingerprint density at radius 2 is 1.81 bits per heavy atom. The second-order valence-electron chi connectivity index (χ2n) is 9.07. The summed E-state index contributed by atoms with van der Waals surface area (Å²) in [6.07, 6.45) is 8.38. The molecule has 3 aromatic rings. The molecule has 1 aliphatic heterocycles. The quantitative estimate of drug-likeness (QED) is 0.635. The molecule has 1 amide bonds. The number of amides is 1. The molecule has 3 saturated carbocycles. The minimum Gasteiger partial charge on any atom is -0.272 e. The number of pyridine rings is 1. The molecular formula is C22H18F3N5O. The fourth-order valence-electron chi connectivity index (χ4n) is 5.69. The normalized spacial score (nSPS) is 28.6. The van der Waals surface area contributed by atoms with Crippen molar-refractivity contribution in [2.24, 2.45) is 15.9 Å². The van der Waals surface area contributed by atoms with Crippen molar-refractivity contribution < 1.29 is 18.0 Å². The Hall–Kier alpha value is -3.23. The predicted molar refractivity (Wildman–Crippen MR) is 105 cm³/mol. The number of nitrogens with zero attached hydrogens (tertiary/aromatic N) is 5. The van der Waals surface area contributed by atoms with Gasteiger partial charge < -0.3 is 0 Å².